The number of aliphatic imine (C=N–C) groups is 1. The summed E-state index contributed by atoms with van der Waals surface area (Å²) in [4.78, 5) is 5.16. The average Bonchev–Trinajstić information content (AvgIpc) is 3.21. The highest BCUT2D eigenvalue weighted by molar-refractivity contribution is 7.13. The molecule has 3 rings (SSSR count). The first-order valence-electron chi connectivity index (χ1n) is 7.62. The van der Waals surface area contributed by atoms with Gasteiger partial charge in [0.05, 0.1) is 11.6 Å². The zero-order valence-electron chi connectivity index (χ0n) is 13.3. The fraction of sp³-hybridized carbons (Fsp3) is 0.211. The third-order valence-corrected chi connectivity index (χ3v) is 5.69. The Morgan fingerprint density at radius 1 is 1.42 bits per heavy atom. The van der Waals surface area contributed by atoms with E-state index in [0.29, 0.717) is 10.7 Å². The first-order valence-corrected chi connectivity index (χ1v) is 8.88. The van der Waals surface area contributed by atoms with E-state index in [1.807, 2.05) is 23.6 Å². The Morgan fingerprint density at radius 2 is 2.17 bits per heavy atom. The monoisotopic (exact) mass is 358 g/mol. The summed E-state index contributed by atoms with van der Waals surface area (Å²) in [5.74, 6) is 0. The predicted molar refractivity (Wildman–Crippen MR) is 105 cm³/mol. The SMILES string of the molecule is C=N/C(=C\C(=C)c1csc(-c2ccc(N)cc2Cl)c1)C1(CO)CC1. The molecule has 1 aromatic carbocycles. The summed E-state index contributed by atoms with van der Waals surface area (Å²) in [6.45, 7) is 7.88. The van der Waals surface area contributed by atoms with E-state index in [1.54, 1.807) is 17.4 Å². The molecular formula is C19H19ClN2OS. The molecule has 124 valence electrons. The van der Waals surface area contributed by atoms with Gasteiger partial charge in [-0.05, 0) is 60.4 Å². The lowest BCUT2D eigenvalue weighted by Crippen LogP contribution is -2.08. The summed E-state index contributed by atoms with van der Waals surface area (Å²) in [5, 5.41) is 12.2. The topological polar surface area (TPSA) is 58.6 Å². The van der Waals surface area contributed by atoms with Crippen molar-refractivity contribution in [3.63, 3.8) is 0 Å². The highest BCUT2D eigenvalue weighted by Crippen LogP contribution is 2.52. The number of benzene rings is 1. The van der Waals surface area contributed by atoms with Crippen LogP contribution in [0.4, 0.5) is 5.69 Å². The number of hydrogen-bond donors (Lipinski definition) is 2. The molecule has 2 aromatic rings. The largest absolute Gasteiger partial charge is 0.399 e. The lowest BCUT2D eigenvalue weighted by atomic mass is 10.00. The quantitative estimate of drug-likeness (QED) is 0.432. The zero-order valence-corrected chi connectivity index (χ0v) is 14.8. The molecule has 0 unspecified atom stereocenters. The van der Waals surface area contributed by atoms with Crippen LogP contribution in [0.25, 0.3) is 16.0 Å². The zero-order chi connectivity index (χ0) is 17.3. The van der Waals surface area contributed by atoms with Crippen LogP contribution in [-0.4, -0.2) is 18.4 Å². The molecule has 24 heavy (non-hydrogen) atoms. The van der Waals surface area contributed by atoms with E-state index in [9.17, 15) is 5.11 Å². The van der Waals surface area contributed by atoms with Crippen LogP contribution in [0.2, 0.25) is 5.02 Å². The number of anilines is 1. The van der Waals surface area contributed by atoms with E-state index in [2.05, 4.69) is 24.4 Å². The molecule has 0 bridgehead atoms. The number of allylic oxidation sites excluding steroid dienone is 2. The first-order chi connectivity index (χ1) is 11.5. The minimum atomic E-state index is -0.218. The molecule has 1 heterocycles. The smallest absolute Gasteiger partial charge is 0.0543 e. The number of aliphatic hydroxyl groups is 1. The molecule has 1 aromatic heterocycles. The van der Waals surface area contributed by atoms with Crippen molar-refractivity contribution < 1.29 is 5.11 Å². The molecule has 0 aliphatic heterocycles. The Morgan fingerprint density at radius 3 is 2.75 bits per heavy atom. The van der Waals surface area contributed by atoms with Crippen LogP contribution in [0, 0.1) is 5.41 Å². The Hall–Kier alpha value is -1.88. The Labute approximate surface area is 150 Å². The second kappa shape index (κ2) is 6.55. The predicted octanol–water partition coefficient (Wildman–Crippen LogP) is 5.02. The van der Waals surface area contributed by atoms with Gasteiger partial charge in [0.25, 0.3) is 0 Å². The van der Waals surface area contributed by atoms with E-state index in [1.165, 1.54) is 0 Å². The van der Waals surface area contributed by atoms with E-state index in [-0.39, 0.29) is 12.0 Å². The maximum absolute atomic E-state index is 9.57. The lowest BCUT2D eigenvalue weighted by molar-refractivity contribution is 0.234. The molecule has 3 N–H and O–H groups in total. The van der Waals surface area contributed by atoms with Gasteiger partial charge in [-0.25, -0.2) is 0 Å². The summed E-state index contributed by atoms with van der Waals surface area (Å²) in [6.07, 6.45) is 3.81. The third-order valence-electron chi connectivity index (χ3n) is 4.41. The van der Waals surface area contributed by atoms with Crippen LogP contribution in [0.3, 0.4) is 0 Å². The maximum Gasteiger partial charge on any atom is 0.0543 e. The molecule has 1 fully saturated rings. The molecule has 0 atom stereocenters. The van der Waals surface area contributed by atoms with Crippen LogP contribution in [-0.2, 0) is 0 Å². The maximum atomic E-state index is 9.57. The van der Waals surface area contributed by atoms with Crippen molar-refractivity contribution >= 4 is 40.9 Å². The second-order valence-electron chi connectivity index (χ2n) is 6.09. The molecule has 1 aliphatic rings. The molecule has 0 radical (unpaired) electrons. The Kier molecular flexibility index (Phi) is 4.63. The van der Waals surface area contributed by atoms with Gasteiger partial charge in [-0.15, -0.1) is 11.3 Å². The number of aliphatic hydroxyl groups excluding tert-OH is 1. The van der Waals surface area contributed by atoms with Crippen LogP contribution in [0.15, 0.2) is 53.0 Å². The molecule has 0 saturated heterocycles. The number of halogens is 1. The molecule has 1 aliphatic carbocycles. The first kappa shape index (κ1) is 17.0. The Balaban J connectivity index is 1.87. The highest BCUT2D eigenvalue weighted by atomic mass is 35.5. The van der Waals surface area contributed by atoms with Gasteiger partial charge in [0.2, 0.25) is 0 Å². The minimum Gasteiger partial charge on any atom is -0.399 e. The lowest BCUT2D eigenvalue weighted by Gasteiger charge is -2.12. The molecule has 5 heteroatoms. The van der Waals surface area contributed by atoms with Crippen molar-refractivity contribution in [1.29, 1.82) is 0 Å². The van der Waals surface area contributed by atoms with Gasteiger partial charge in [0.15, 0.2) is 0 Å². The van der Waals surface area contributed by atoms with Gasteiger partial charge in [-0.2, -0.15) is 0 Å². The van der Waals surface area contributed by atoms with Gasteiger partial charge < -0.3 is 10.8 Å². The van der Waals surface area contributed by atoms with E-state index < -0.39 is 0 Å². The summed E-state index contributed by atoms with van der Waals surface area (Å²) in [6, 6.07) is 7.57. The van der Waals surface area contributed by atoms with Crippen molar-refractivity contribution in [3.8, 4) is 10.4 Å². The van der Waals surface area contributed by atoms with Crippen molar-refractivity contribution in [2.24, 2.45) is 10.4 Å². The Bertz CT molecular complexity index is 834. The molecule has 3 nitrogen and oxygen atoms in total. The van der Waals surface area contributed by atoms with Crippen LogP contribution in [0.1, 0.15) is 18.4 Å². The number of rotatable bonds is 6. The summed E-state index contributed by atoms with van der Waals surface area (Å²) < 4.78 is 0. The van der Waals surface area contributed by atoms with Crippen molar-refractivity contribution in [2.45, 2.75) is 12.8 Å². The molecule has 0 amide bonds. The van der Waals surface area contributed by atoms with Crippen molar-refractivity contribution in [3.05, 3.63) is 58.6 Å². The summed E-state index contributed by atoms with van der Waals surface area (Å²) in [5.41, 5.74) is 9.81. The van der Waals surface area contributed by atoms with Gasteiger partial charge in [-0.3, -0.25) is 4.99 Å². The molecular weight excluding hydrogens is 340 g/mol. The number of nitrogens with two attached hydrogens (primary N) is 1. The van der Waals surface area contributed by atoms with E-state index >= 15 is 0 Å². The minimum absolute atomic E-state index is 0.0983. The normalized spacial score (nSPS) is 16.0. The number of nitrogen functional groups attached to an aromatic ring is 1. The van der Waals surface area contributed by atoms with Crippen LogP contribution < -0.4 is 5.73 Å². The van der Waals surface area contributed by atoms with Gasteiger partial charge in [0.1, 0.15) is 0 Å². The van der Waals surface area contributed by atoms with Gasteiger partial charge in [-0.1, -0.05) is 24.2 Å². The van der Waals surface area contributed by atoms with Gasteiger partial charge >= 0.3 is 0 Å². The average molecular weight is 359 g/mol. The van der Waals surface area contributed by atoms with Crippen LogP contribution >= 0.6 is 22.9 Å². The van der Waals surface area contributed by atoms with Crippen molar-refractivity contribution in [1.82, 2.24) is 0 Å². The fourth-order valence-electron chi connectivity index (χ4n) is 2.64. The second-order valence-corrected chi connectivity index (χ2v) is 7.41. The third kappa shape index (κ3) is 3.18. The fourth-order valence-corrected chi connectivity index (χ4v) is 3.96. The summed E-state index contributed by atoms with van der Waals surface area (Å²) in [7, 11) is 0. The molecule has 0 spiro atoms. The standard InChI is InChI=1S/C19H19ClN2OS/c1-12(7-18(22-2)19(11-23)5-6-19)13-8-17(24-10-13)15-4-3-14(21)9-16(15)20/h3-4,7-10,23H,1-2,5-6,11,21H2/b18-7-. The van der Waals surface area contributed by atoms with Gasteiger partial charge in [0, 0.05) is 27.2 Å². The van der Waals surface area contributed by atoms with E-state index in [0.717, 1.165) is 40.1 Å². The van der Waals surface area contributed by atoms with Crippen molar-refractivity contribution in [2.75, 3.05) is 12.3 Å². The van der Waals surface area contributed by atoms with Crippen LogP contribution in [0.5, 0.6) is 0 Å². The number of hydrogen-bond acceptors (Lipinski definition) is 4. The number of nitrogens with zero attached hydrogens (tertiary/aromatic N) is 1. The molecule has 1 saturated carbocycles. The van der Waals surface area contributed by atoms with E-state index in [4.69, 9.17) is 17.3 Å². The summed E-state index contributed by atoms with van der Waals surface area (Å²) >= 11 is 7.89. The highest BCUT2D eigenvalue weighted by Gasteiger charge is 2.45. The number of thiophene rings is 1.